The van der Waals surface area contributed by atoms with E-state index in [1.165, 1.54) is 29.8 Å². The molecule has 0 bridgehead atoms. The second-order valence-electron chi connectivity index (χ2n) is 9.55. The largest absolute Gasteiger partial charge is 0.494 e. The maximum atomic E-state index is 13.5. The first-order valence-electron chi connectivity index (χ1n) is 11.8. The minimum absolute atomic E-state index is 0.00565. The van der Waals surface area contributed by atoms with Crippen LogP contribution in [0.1, 0.15) is 51.8 Å². The number of carbonyl (C=O) groups excluding carboxylic acids is 1. The van der Waals surface area contributed by atoms with Gasteiger partial charge in [-0.1, -0.05) is 45.0 Å². The van der Waals surface area contributed by atoms with Crippen LogP contribution in [-0.4, -0.2) is 27.5 Å². The summed E-state index contributed by atoms with van der Waals surface area (Å²) < 4.78 is 47.0. The fourth-order valence-electron chi connectivity index (χ4n) is 3.70. The van der Waals surface area contributed by atoms with Gasteiger partial charge in [-0.05, 0) is 78.9 Å². The Hall–Kier alpha value is -3.39. The van der Waals surface area contributed by atoms with E-state index >= 15 is 0 Å². The standard InChI is InChI=1S/C28H33FN2O4S/c1-6-35-25-15-17-26(18-16-25)36(33,34)31(24-13-11-23(29)12-14-24)19-27(32)30-20(2)21-7-9-22(10-8-21)28(3,4)5/h7-18,20H,6,19H2,1-5H3,(H,30,32)/t20-/m1/s1. The van der Waals surface area contributed by atoms with Crippen LogP contribution in [0.4, 0.5) is 10.1 Å². The SMILES string of the molecule is CCOc1ccc(S(=O)(=O)N(CC(=O)N[C@H](C)c2ccc(C(C)(C)C)cc2)c2ccc(F)cc2)cc1. The number of nitrogens with one attached hydrogen (secondary N) is 1. The fraction of sp³-hybridized carbons (Fsp3) is 0.321. The van der Waals surface area contributed by atoms with Crippen molar-refractivity contribution in [3.8, 4) is 5.75 Å². The zero-order valence-corrected chi connectivity index (χ0v) is 22.1. The van der Waals surface area contributed by atoms with Gasteiger partial charge in [0.25, 0.3) is 10.0 Å². The van der Waals surface area contributed by atoms with Gasteiger partial charge in [-0.25, -0.2) is 12.8 Å². The van der Waals surface area contributed by atoms with E-state index in [4.69, 9.17) is 4.74 Å². The van der Waals surface area contributed by atoms with Crippen molar-refractivity contribution in [2.24, 2.45) is 0 Å². The third kappa shape index (κ3) is 6.63. The zero-order chi connectivity index (χ0) is 26.5. The maximum Gasteiger partial charge on any atom is 0.264 e. The quantitative estimate of drug-likeness (QED) is 0.405. The van der Waals surface area contributed by atoms with Crippen molar-refractivity contribution in [1.29, 1.82) is 0 Å². The number of sulfonamides is 1. The van der Waals surface area contributed by atoms with Crippen LogP contribution in [0, 0.1) is 5.82 Å². The molecule has 3 rings (SSSR count). The highest BCUT2D eigenvalue weighted by Gasteiger charge is 2.28. The van der Waals surface area contributed by atoms with Crippen molar-refractivity contribution in [2.75, 3.05) is 17.5 Å². The minimum Gasteiger partial charge on any atom is -0.494 e. The van der Waals surface area contributed by atoms with Crippen LogP contribution in [-0.2, 0) is 20.2 Å². The van der Waals surface area contributed by atoms with Crippen LogP contribution in [0.3, 0.4) is 0 Å². The highest BCUT2D eigenvalue weighted by atomic mass is 32.2. The summed E-state index contributed by atoms with van der Waals surface area (Å²) in [5.41, 5.74) is 2.27. The number of hydrogen-bond acceptors (Lipinski definition) is 4. The summed E-state index contributed by atoms with van der Waals surface area (Å²) in [5, 5.41) is 2.88. The van der Waals surface area contributed by atoms with E-state index in [-0.39, 0.29) is 22.0 Å². The average Bonchev–Trinajstić information content (AvgIpc) is 2.83. The lowest BCUT2D eigenvalue weighted by molar-refractivity contribution is -0.120. The first-order chi connectivity index (χ1) is 16.9. The molecule has 0 saturated carbocycles. The predicted molar refractivity (Wildman–Crippen MR) is 140 cm³/mol. The molecule has 1 amide bonds. The van der Waals surface area contributed by atoms with Gasteiger partial charge in [-0.2, -0.15) is 0 Å². The molecule has 8 heteroatoms. The number of halogens is 1. The molecule has 0 unspecified atom stereocenters. The summed E-state index contributed by atoms with van der Waals surface area (Å²) in [4.78, 5) is 13.0. The van der Waals surface area contributed by atoms with Gasteiger partial charge in [0.1, 0.15) is 18.1 Å². The number of carbonyl (C=O) groups is 1. The molecule has 3 aromatic carbocycles. The second-order valence-corrected chi connectivity index (χ2v) is 11.4. The summed E-state index contributed by atoms with van der Waals surface area (Å²) >= 11 is 0. The van der Waals surface area contributed by atoms with Crippen LogP contribution in [0.15, 0.2) is 77.7 Å². The van der Waals surface area contributed by atoms with Gasteiger partial charge >= 0.3 is 0 Å². The molecule has 0 aliphatic heterocycles. The van der Waals surface area contributed by atoms with E-state index < -0.39 is 28.3 Å². The number of nitrogens with zero attached hydrogens (tertiary/aromatic N) is 1. The highest BCUT2D eigenvalue weighted by molar-refractivity contribution is 7.92. The number of amides is 1. The Balaban J connectivity index is 1.84. The second kappa shape index (κ2) is 11.1. The topological polar surface area (TPSA) is 75.7 Å². The lowest BCUT2D eigenvalue weighted by Crippen LogP contribution is -2.41. The summed E-state index contributed by atoms with van der Waals surface area (Å²) in [6.07, 6.45) is 0. The lowest BCUT2D eigenvalue weighted by atomic mass is 9.86. The highest BCUT2D eigenvalue weighted by Crippen LogP contribution is 2.26. The molecule has 0 radical (unpaired) electrons. The molecule has 0 heterocycles. The molecule has 192 valence electrons. The van der Waals surface area contributed by atoms with E-state index in [0.29, 0.717) is 12.4 Å². The van der Waals surface area contributed by atoms with E-state index in [0.717, 1.165) is 22.0 Å². The number of benzene rings is 3. The van der Waals surface area contributed by atoms with Crippen molar-refractivity contribution >= 4 is 21.6 Å². The van der Waals surface area contributed by atoms with Crippen LogP contribution < -0.4 is 14.4 Å². The minimum atomic E-state index is -4.12. The summed E-state index contributed by atoms with van der Waals surface area (Å²) in [6.45, 7) is 10.0. The monoisotopic (exact) mass is 512 g/mol. The Morgan fingerprint density at radius 3 is 2.08 bits per heavy atom. The van der Waals surface area contributed by atoms with Crippen LogP contribution in [0.25, 0.3) is 0 Å². The number of hydrogen-bond donors (Lipinski definition) is 1. The molecule has 0 aliphatic rings. The predicted octanol–water partition coefficient (Wildman–Crippen LogP) is 5.59. The van der Waals surface area contributed by atoms with E-state index in [1.54, 1.807) is 12.1 Å². The van der Waals surface area contributed by atoms with Gasteiger partial charge in [0.15, 0.2) is 0 Å². The summed E-state index contributed by atoms with van der Waals surface area (Å²) in [7, 11) is -4.12. The van der Waals surface area contributed by atoms with Gasteiger partial charge in [0, 0.05) is 0 Å². The van der Waals surface area contributed by atoms with Gasteiger partial charge in [0.2, 0.25) is 5.91 Å². The molecule has 0 saturated heterocycles. The van der Waals surface area contributed by atoms with Gasteiger partial charge < -0.3 is 10.1 Å². The summed E-state index contributed by atoms with van der Waals surface area (Å²) in [5.74, 6) is -0.455. The maximum absolute atomic E-state index is 13.5. The van der Waals surface area contributed by atoms with Crippen LogP contribution in [0.5, 0.6) is 5.75 Å². The third-order valence-corrected chi connectivity index (χ3v) is 7.57. The first-order valence-corrected chi connectivity index (χ1v) is 13.3. The third-order valence-electron chi connectivity index (χ3n) is 5.78. The van der Waals surface area contributed by atoms with Crippen molar-refractivity contribution in [2.45, 2.75) is 51.0 Å². The van der Waals surface area contributed by atoms with Crippen LogP contribution in [0.2, 0.25) is 0 Å². The molecular weight excluding hydrogens is 479 g/mol. The molecule has 1 N–H and O–H groups in total. The van der Waals surface area contributed by atoms with Gasteiger partial charge in [-0.3, -0.25) is 9.10 Å². The van der Waals surface area contributed by atoms with Crippen molar-refractivity contribution < 1.29 is 22.3 Å². The summed E-state index contributed by atoms with van der Waals surface area (Å²) in [6, 6.07) is 18.6. The van der Waals surface area contributed by atoms with E-state index in [2.05, 4.69) is 26.1 Å². The Labute approximate surface area is 213 Å². The number of rotatable bonds is 9. The Morgan fingerprint density at radius 2 is 1.56 bits per heavy atom. The van der Waals surface area contributed by atoms with Crippen molar-refractivity contribution in [1.82, 2.24) is 5.32 Å². The van der Waals surface area contributed by atoms with E-state index in [1.807, 2.05) is 38.1 Å². The molecule has 3 aromatic rings. The molecule has 0 fully saturated rings. The molecular formula is C28H33FN2O4S. The van der Waals surface area contributed by atoms with Gasteiger partial charge in [-0.15, -0.1) is 0 Å². The Kier molecular flexibility index (Phi) is 8.40. The fourth-order valence-corrected chi connectivity index (χ4v) is 5.12. The van der Waals surface area contributed by atoms with Crippen LogP contribution >= 0.6 is 0 Å². The number of anilines is 1. The zero-order valence-electron chi connectivity index (χ0n) is 21.3. The molecule has 36 heavy (non-hydrogen) atoms. The smallest absolute Gasteiger partial charge is 0.264 e. The lowest BCUT2D eigenvalue weighted by Gasteiger charge is -2.25. The van der Waals surface area contributed by atoms with E-state index in [9.17, 15) is 17.6 Å². The average molecular weight is 513 g/mol. The molecule has 6 nitrogen and oxygen atoms in total. The molecule has 1 atom stereocenters. The molecule has 0 aromatic heterocycles. The molecule has 0 aliphatic carbocycles. The Morgan fingerprint density at radius 1 is 0.972 bits per heavy atom. The normalized spacial score (nSPS) is 12.6. The van der Waals surface area contributed by atoms with Crippen molar-refractivity contribution in [3.63, 3.8) is 0 Å². The number of ether oxygens (including phenoxy) is 1. The first kappa shape index (κ1) is 27.2. The van der Waals surface area contributed by atoms with Gasteiger partial charge in [0.05, 0.1) is 23.2 Å². The van der Waals surface area contributed by atoms with Crippen molar-refractivity contribution in [3.05, 3.63) is 89.7 Å². The Bertz CT molecular complexity index is 1270. The molecule has 0 spiro atoms.